The highest BCUT2D eigenvalue weighted by atomic mass is 32.2. The number of aromatic amines is 1. The minimum atomic E-state index is -1.13. The molecular weight excluding hydrogens is 306 g/mol. The predicted octanol–water partition coefficient (Wildman–Crippen LogP) is 2.18. The van der Waals surface area contributed by atoms with Crippen LogP contribution in [-0.2, 0) is 12.2 Å². The van der Waals surface area contributed by atoms with Crippen LogP contribution in [0.1, 0.15) is 40.9 Å². The van der Waals surface area contributed by atoms with Gasteiger partial charge in [0, 0.05) is 0 Å². The first kappa shape index (κ1) is 15.9. The summed E-state index contributed by atoms with van der Waals surface area (Å²) >= 11 is 1.21. The number of hydrogen-bond acceptors (Lipinski definition) is 6. The molecule has 0 atom stereocenters. The van der Waals surface area contributed by atoms with Crippen LogP contribution in [0, 0.1) is 11.3 Å². The van der Waals surface area contributed by atoms with Gasteiger partial charge in [0.2, 0.25) is 5.76 Å². The Morgan fingerprint density at radius 3 is 2.91 bits per heavy atom. The average molecular weight is 319 g/mol. The molecule has 0 fully saturated rings. The summed E-state index contributed by atoms with van der Waals surface area (Å²) in [6, 6.07) is 4.80. The Hall–Kier alpha value is -2.53. The van der Waals surface area contributed by atoms with Crippen molar-refractivity contribution >= 4 is 17.7 Å². The zero-order valence-electron chi connectivity index (χ0n) is 11.8. The summed E-state index contributed by atoms with van der Waals surface area (Å²) in [6.45, 7) is 1.94. The second-order valence-corrected chi connectivity index (χ2v) is 5.38. The molecule has 2 rings (SSSR count). The van der Waals surface area contributed by atoms with E-state index in [-0.39, 0.29) is 11.3 Å². The van der Waals surface area contributed by atoms with Gasteiger partial charge in [0.15, 0.2) is 5.16 Å². The van der Waals surface area contributed by atoms with Crippen LogP contribution < -0.4 is 5.56 Å². The second kappa shape index (κ2) is 6.95. The van der Waals surface area contributed by atoms with Gasteiger partial charge in [-0.2, -0.15) is 5.26 Å². The van der Waals surface area contributed by atoms with E-state index < -0.39 is 11.5 Å². The summed E-state index contributed by atoms with van der Waals surface area (Å²) in [5.41, 5.74) is 0.0494. The number of nitrogens with one attached hydrogen (secondary N) is 1. The van der Waals surface area contributed by atoms with Crippen LogP contribution in [-0.4, -0.2) is 21.0 Å². The Kier molecular flexibility index (Phi) is 5.01. The van der Waals surface area contributed by atoms with Gasteiger partial charge in [-0.15, -0.1) is 0 Å². The zero-order chi connectivity index (χ0) is 16.1. The minimum absolute atomic E-state index is 0.0392. The van der Waals surface area contributed by atoms with Crippen molar-refractivity contribution in [3.05, 3.63) is 45.3 Å². The van der Waals surface area contributed by atoms with E-state index in [9.17, 15) is 9.59 Å². The van der Waals surface area contributed by atoms with Gasteiger partial charge >= 0.3 is 5.97 Å². The van der Waals surface area contributed by atoms with E-state index in [0.717, 1.165) is 6.42 Å². The molecule has 7 nitrogen and oxygen atoms in total. The number of H-pyrrole nitrogens is 1. The quantitative estimate of drug-likeness (QED) is 0.618. The zero-order valence-corrected chi connectivity index (χ0v) is 12.6. The van der Waals surface area contributed by atoms with E-state index in [4.69, 9.17) is 14.8 Å². The van der Waals surface area contributed by atoms with Gasteiger partial charge in [-0.05, 0) is 18.6 Å². The topological polar surface area (TPSA) is 120 Å². The molecule has 2 aromatic heterocycles. The third kappa shape index (κ3) is 3.56. The number of carboxylic acid groups (broad SMARTS) is 1. The standard InChI is InChI=1S/C14H13N3O4S/c1-2-3-10-9(6-15)12(18)17-14(16-10)22-7-8-4-5-11(21-8)13(19)20/h4-5H,2-3,7H2,1H3,(H,19,20)(H,16,17,18). The summed E-state index contributed by atoms with van der Waals surface area (Å²) in [7, 11) is 0. The number of thioether (sulfide) groups is 1. The van der Waals surface area contributed by atoms with Gasteiger partial charge in [-0.25, -0.2) is 9.78 Å². The van der Waals surface area contributed by atoms with E-state index >= 15 is 0 Å². The molecule has 0 unspecified atom stereocenters. The van der Waals surface area contributed by atoms with Gasteiger partial charge in [-0.3, -0.25) is 4.79 Å². The third-order valence-electron chi connectivity index (χ3n) is 2.79. The lowest BCUT2D eigenvalue weighted by atomic mass is 10.1. The number of rotatable bonds is 6. The first-order chi connectivity index (χ1) is 10.5. The summed E-state index contributed by atoms with van der Waals surface area (Å²) < 4.78 is 5.13. The monoisotopic (exact) mass is 319 g/mol. The first-order valence-corrected chi connectivity index (χ1v) is 7.51. The molecule has 22 heavy (non-hydrogen) atoms. The Bertz CT molecular complexity index is 788. The number of aryl methyl sites for hydroxylation is 1. The van der Waals surface area contributed by atoms with E-state index in [1.54, 1.807) is 6.07 Å². The lowest BCUT2D eigenvalue weighted by Crippen LogP contribution is -2.16. The van der Waals surface area contributed by atoms with Crippen molar-refractivity contribution in [2.24, 2.45) is 0 Å². The van der Waals surface area contributed by atoms with Gasteiger partial charge in [0.25, 0.3) is 5.56 Å². The molecule has 0 spiro atoms. The SMILES string of the molecule is CCCc1nc(SCc2ccc(C(=O)O)o2)[nH]c(=O)c1C#N. The molecule has 0 aliphatic rings. The highest BCUT2D eigenvalue weighted by Crippen LogP contribution is 2.21. The Balaban J connectivity index is 2.17. The molecule has 2 N–H and O–H groups in total. The normalized spacial score (nSPS) is 10.4. The van der Waals surface area contributed by atoms with Crippen molar-refractivity contribution in [2.45, 2.75) is 30.7 Å². The average Bonchev–Trinajstić information content (AvgIpc) is 2.94. The van der Waals surface area contributed by atoms with Crippen LogP contribution in [0.5, 0.6) is 0 Å². The largest absolute Gasteiger partial charge is 0.475 e. The molecule has 2 heterocycles. The van der Waals surface area contributed by atoms with Crippen LogP contribution in [0.4, 0.5) is 0 Å². The maximum atomic E-state index is 11.8. The maximum Gasteiger partial charge on any atom is 0.371 e. The number of hydrogen-bond donors (Lipinski definition) is 2. The number of aromatic nitrogens is 2. The Labute approximate surface area is 130 Å². The second-order valence-electron chi connectivity index (χ2n) is 4.41. The minimum Gasteiger partial charge on any atom is -0.475 e. The van der Waals surface area contributed by atoms with Crippen LogP contribution in [0.2, 0.25) is 0 Å². The Morgan fingerprint density at radius 1 is 1.55 bits per heavy atom. The van der Waals surface area contributed by atoms with Crippen LogP contribution >= 0.6 is 11.8 Å². The number of carboxylic acids is 1. The van der Waals surface area contributed by atoms with Crippen molar-refractivity contribution in [1.82, 2.24) is 9.97 Å². The van der Waals surface area contributed by atoms with Crippen molar-refractivity contribution in [2.75, 3.05) is 0 Å². The van der Waals surface area contributed by atoms with Crippen molar-refractivity contribution < 1.29 is 14.3 Å². The fourth-order valence-electron chi connectivity index (χ4n) is 1.81. The summed E-state index contributed by atoms with van der Waals surface area (Å²) in [5, 5.41) is 18.1. The van der Waals surface area contributed by atoms with Crippen molar-refractivity contribution in [1.29, 1.82) is 5.26 Å². The molecular formula is C14H13N3O4S. The molecule has 0 aliphatic carbocycles. The van der Waals surface area contributed by atoms with Crippen molar-refractivity contribution in [3.8, 4) is 6.07 Å². The van der Waals surface area contributed by atoms with E-state index in [0.29, 0.717) is 28.8 Å². The molecule has 0 amide bonds. The van der Waals surface area contributed by atoms with Crippen molar-refractivity contribution in [3.63, 3.8) is 0 Å². The van der Waals surface area contributed by atoms with Crippen LogP contribution in [0.15, 0.2) is 26.5 Å². The van der Waals surface area contributed by atoms with E-state index in [2.05, 4.69) is 9.97 Å². The molecule has 0 saturated heterocycles. The fourth-order valence-corrected chi connectivity index (χ4v) is 2.58. The number of furan rings is 1. The van der Waals surface area contributed by atoms with E-state index in [1.165, 1.54) is 17.8 Å². The molecule has 114 valence electrons. The lowest BCUT2D eigenvalue weighted by Gasteiger charge is -2.04. The molecule has 0 aliphatic heterocycles. The highest BCUT2D eigenvalue weighted by Gasteiger charge is 2.13. The molecule has 0 aromatic carbocycles. The van der Waals surface area contributed by atoms with Gasteiger partial charge in [0.1, 0.15) is 17.4 Å². The molecule has 2 aromatic rings. The highest BCUT2D eigenvalue weighted by molar-refractivity contribution is 7.98. The van der Waals surface area contributed by atoms with Gasteiger partial charge < -0.3 is 14.5 Å². The number of carbonyl (C=O) groups is 1. The van der Waals surface area contributed by atoms with Gasteiger partial charge in [0.05, 0.1) is 11.4 Å². The lowest BCUT2D eigenvalue weighted by molar-refractivity contribution is 0.0661. The summed E-state index contributed by atoms with van der Waals surface area (Å²) in [6.07, 6.45) is 1.32. The molecule has 0 saturated carbocycles. The van der Waals surface area contributed by atoms with Crippen LogP contribution in [0.25, 0.3) is 0 Å². The Morgan fingerprint density at radius 2 is 2.32 bits per heavy atom. The van der Waals surface area contributed by atoms with E-state index in [1.807, 2.05) is 13.0 Å². The van der Waals surface area contributed by atoms with Gasteiger partial charge in [-0.1, -0.05) is 25.1 Å². The first-order valence-electron chi connectivity index (χ1n) is 6.53. The predicted molar refractivity (Wildman–Crippen MR) is 78.8 cm³/mol. The summed E-state index contributed by atoms with van der Waals surface area (Å²) in [4.78, 5) is 29.4. The fraction of sp³-hybridized carbons (Fsp3) is 0.286. The number of nitriles is 1. The van der Waals surface area contributed by atoms with Crippen LogP contribution in [0.3, 0.4) is 0 Å². The number of nitrogens with zero attached hydrogens (tertiary/aromatic N) is 2. The number of aromatic carboxylic acids is 1. The third-order valence-corrected chi connectivity index (χ3v) is 3.69. The molecule has 0 bridgehead atoms. The summed E-state index contributed by atoms with van der Waals surface area (Å²) in [5.74, 6) is -0.477. The maximum absolute atomic E-state index is 11.8. The molecule has 8 heteroatoms. The smallest absolute Gasteiger partial charge is 0.371 e. The molecule has 0 radical (unpaired) electrons.